The number of hydrogen-bond acceptors (Lipinski definition) is 3. The van der Waals surface area contributed by atoms with Gasteiger partial charge in [0, 0.05) is 33.1 Å². The largest absolute Gasteiger partial charge is 0.340 e. The molecule has 3 aromatic rings. The van der Waals surface area contributed by atoms with Gasteiger partial charge in [0.1, 0.15) is 12.1 Å². The molecule has 0 spiro atoms. The molecule has 5 nitrogen and oxygen atoms in total. The van der Waals surface area contributed by atoms with E-state index in [1.165, 1.54) is 0 Å². The fourth-order valence-electron chi connectivity index (χ4n) is 4.27. The standard InChI is InChI=1S/C27H29N3O2/c1-29(20-22-13-7-3-8-14-22)26(31)24(19-21-11-5-2-6-12-21)30-18-17-28-25(27(30)32)23-15-9-4-10-16-23/h2-16,24-25,28H,17-20H2,1H3/t24-,25+/m0/s1. The number of nitrogens with one attached hydrogen (secondary N) is 1. The number of piperazine rings is 1. The van der Waals surface area contributed by atoms with Crippen molar-refractivity contribution in [3.63, 3.8) is 0 Å². The first-order valence-corrected chi connectivity index (χ1v) is 11.0. The van der Waals surface area contributed by atoms with Crippen LogP contribution in [0.2, 0.25) is 0 Å². The van der Waals surface area contributed by atoms with Gasteiger partial charge in [0.25, 0.3) is 0 Å². The van der Waals surface area contributed by atoms with Crippen molar-refractivity contribution in [2.24, 2.45) is 0 Å². The Balaban J connectivity index is 1.59. The molecular formula is C27H29N3O2. The molecule has 1 heterocycles. The highest BCUT2D eigenvalue weighted by atomic mass is 16.2. The van der Waals surface area contributed by atoms with Gasteiger partial charge in [-0.25, -0.2) is 0 Å². The molecule has 32 heavy (non-hydrogen) atoms. The van der Waals surface area contributed by atoms with Crippen LogP contribution in [0.3, 0.4) is 0 Å². The fraction of sp³-hybridized carbons (Fsp3) is 0.259. The Morgan fingerprint density at radius 1 is 0.938 bits per heavy atom. The summed E-state index contributed by atoms with van der Waals surface area (Å²) < 4.78 is 0. The van der Waals surface area contributed by atoms with Crippen molar-refractivity contribution in [1.29, 1.82) is 0 Å². The topological polar surface area (TPSA) is 52.7 Å². The average Bonchev–Trinajstić information content (AvgIpc) is 2.84. The van der Waals surface area contributed by atoms with Gasteiger partial charge in [0.15, 0.2) is 0 Å². The number of benzene rings is 3. The van der Waals surface area contributed by atoms with Crippen LogP contribution in [0.1, 0.15) is 22.7 Å². The summed E-state index contributed by atoms with van der Waals surface area (Å²) in [6.45, 7) is 1.66. The molecule has 5 heteroatoms. The summed E-state index contributed by atoms with van der Waals surface area (Å²) >= 11 is 0. The number of carbonyl (C=O) groups is 2. The number of nitrogens with zero attached hydrogens (tertiary/aromatic N) is 2. The van der Waals surface area contributed by atoms with Gasteiger partial charge in [-0.15, -0.1) is 0 Å². The third-order valence-corrected chi connectivity index (χ3v) is 5.94. The Bertz CT molecular complexity index is 1020. The summed E-state index contributed by atoms with van der Waals surface area (Å²) in [4.78, 5) is 30.7. The van der Waals surface area contributed by atoms with Crippen molar-refractivity contribution < 1.29 is 9.59 Å². The first-order chi connectivity index (χ1) is 15.6. The van der Waals surface area contributed by atoms with Crippen LogP contribution in [-0.4, -0.2) is 47.8 Å². The van der Waals surface area contributed by atoms with Crippen LogP contribution in [0.4, 0.5) is 0 Å². The molecule has 4 rings (SSSR count). The quantitative estimate of drug-likeness (QED) is 0.629. The predicted molar refractivity (Wildman–Crippen MR) is 126 cm³/mol. The highest BCUT2D eigenvalue weighted by Crippen LogP contribution is 2.23. The second-order valence-electron chi connectivity index (χ2n) is 8.21. The molecule has 0 aliphatic carbocycles. The lowest BCUT2D eigenvalue weighted by atomic mass is 9.98. The van der Waals surface area contributed by atoms with Crippen LogP contribution < -0.4 is 5.32 Å². The maximum Gasteiger partial charge on any atom is 0.245 e. The van der Waals surface area contributed by atoms with E-state index >= 15 is 0 Å². The third-order valence-electron chi connectivity index (χ3n) is 5.94. The Labute approximate surface area is 189 Å². The van der Waals surface area contributed by atoms with Gasteiger partial charge in [-0.1, -0.05) is 91.0 Å². The normalized spacial score (nSPS) is 17.1. The minimum Gasteiger partial charge on any atom is -0.340 e. The Hall–Kier alpha value is -3.44. The molecule has 3 aromatic carbocycles. The number of carbonyl (C=O) groups excluding carboxylic acids is 2. The van der Waals surface area contributed by atoms with Crippen LogP contribution in [0.15, 0.2) is 91.0 Å². The van der Waals surface area contributed by atoms with Crippen molar-refractivity contribution in [3.05, 3.63) is 108 Å². The van der Waals surface area contributed by atoms with Crippen molar-refractivity contribution in [3.8, 4) is 0 Å². The first-order valence-electron chi connectivity index (χ1n) is 11.0. The second-order valence-corrected chi connectivity index (χ2v) is 8.21. The average molecular weight is 428 g/mol. The van der Waals surface area contributed by atoms with E-state index in [1.807, 2.05) is 98.0 Å². The zero-order valence-corrected chi connectivity index (χ0v) is 18.4. The fourth-order valence-corrected chi connectivity index (χ4v) is 4.27. The van der Waals surface area contributed by atoms with E-state index in [4.69, 9.17) is 0 Å². The van der Waals surface area contributed by atoms with Crippen LogP contribution >= 0.6 is 0 Å². The Morgan fingerprint density at radius 3 is 2.12 bits per heavy atom. The highest BCUT2D eigenvalue weighted by Gasteiger charge is 2.38. The smallest absolute Gasteiger partial charge is 0.245 e. The number of hydrogen-bond donors (Lipinski definition) is 1. The predicted octanol–water partition coefficient (Wildman–Crippen LogP) is 3.43. The van der Waals surface area contributed by atoms with E-state index in [0.717, 1.165) is 16.7 Å². The van der Waals surface area contributed by atoms with E-state index in [0.29, 0.717) is 26.1 Å². The molecule has 0 bridgehead atoms. The SMILES string of the molecule is CN(Cc1ccccc1)C(=O)[C@H](Cc1ccccc1)N1CCN[C@H](c2ccccc2)C1=O. The van der Waals surface area contributed by atoms with Crippen molar-refractivity contribution in [2.75, 3.05) is 20.1 Å². The molecule has 1 aliphatic heterocycles. The molecule has 0 saturated carbocycles. The van der Waals surface area contributed by atoms with Crippen molar-refractivity contribution in [1.82, 2.24) is 15.1 Å². The van der Waals surface area contributed by atoms with Crippen LogP contribution in [-0.2, 0) is 22.6 Å². The minimum atomic E-state index is -0.549. The first kappa shape index (κ1) is 21.8. The van der Waals surface area contributed by atoms with Crippen molar-refractivity contribution in [2.45, 2.75) is 25.0 Å². The molecule has 1 fully saturated rings. The van der Waals surface area contributed by atoms with Gasteiger partial charge in [0.2, 0.25) is 11.8 Å². The van der Waals surface area contributed by atoms with Crippen LogP contribution in [0, 0.1) is 0 Å². The molecular weight excluding hydrogens is 398 g/mol. The maximum atomic E-state index is 13.7. The molecule has 0 aromatic heterocycles. The van der Waals surface area contributed by atoms with E-state index in [1.54, 1.807) is 9.80 Å². The number of likely N-dealkylation sites (N-methyl/N-ethyl adjacent to an activating group) is 1. The molecule has 0 unspecified atom stereocenters. The molecule has 2 atom stereocenters. The maximum absolute atomic E-state index is 13.7. The molecule has 2 amide bonds. The van der Waals surface area contributed by atoms with Gasteiger partial charge in [-0.05, 0) is 16.7 Å². The molecule has 1 N–H and O–H groups in total. The lowest BCUT2D eigenvalue weighted by Crippen LogP contribution is -2.58. The molecule has 164 valence electrons. The van der Waals surface area contributed by atoms with Gasteiger partial charge < -0.3 is 15.1 Å². The summed E-state index contributed by atoms with van der Waals surface area (Å²) in [5, 5.41) is 3.33. The summed E-state index contributed by atoms with van der Waals surface area (Å²) in [6.07, 6.45) is 0.492. The van der Waals surface area contributed by atoms with E-state index in [-0.39, 0.29) is 11.8 Å². The lowest BCUT2D eigenvalue weighted by Gasteiger charge is -2.39. The summed E-state index contributed by atoms with van der Waals surface area (Å²) in [6, 6.07) is 28.6. The number of amides is 2. The molecule has 1 aliphatic rings. The van der Waals surface area contributed by atoms with Crippen LogP contribution in [0.25, 0.3) is 0 Å². The van der Waals surface area contributed by atoms with Gasteiger partial charge >= 0.3 is 0 Å². The minimum absolute atomic E-state index is 0.0419. The number of rotatable bonds is 7. The zero-order chi connectivity index (χ0) is 22.3. The second kappa shape index (κ2) is 10.2. The zero-order valence-electron chi connectivity index (χ0n) is 18.4. The highest BCUT2D eigenvalue weighted by molar-refractivity contribution is 5.91. The van der Waals surface area contributed by atoms with Gasteiger partial charge in [-0.3, -0.25) is 9.59 Å². The van der Waals surface area contributed by atoms with Crippen molar-refractivity contribution >= 4 is 11.8 Å². The summed E-state index contributed by atoms with van der Waals surface area (Å²) in [5.41, 5.74) is 3.03. The molecule has 1 saturated heterocycles. The van der Waals surface area contributed by atoms with Crippen LogP contribution in [0.5, 0.6) is 0 Å². The van der Waals surface area contributed by atoms with E-state index in [9.17, 15) is 9.59 Å². The van der Waals surface area contributed by atoms with Gasteiger partial charge in [0.05, 0.1) is 0 Å². The van der Waals surface area contributed by atoms with E-state index < -0.39 is 12.1 Å². The van der Waals surface area contributed by atoms with E-state index in [2.05, 4.69) is 5.32 Å². The Morgan fingerprint density at radius 2 is 1.50 bits per heavy atom. The lowest BCUT2D eigenvalue weighted by molar-refractivity contribution is -0.148. The summed E-state index contributed by atoms with van der Waals surface area (Å²) in [7, 11) is 1.81. The Kier molecular flexibility index (Phi) is 6.97. The third kappa shape index (κ3) is 5.06. The monoisotopic (exact) mass is 427 g/mol. The summed E-state index contributed by atoms with van der Waals surface area (Å²) in [5.74, 6) is -0.0930. The van der Waals surface area contributed by atoms with Gasteiger partial charge in [-0.2, -0.15) is 0 Å². The molecule has 0 radical (unpaired) electrons.